The molecule has 0 fully saturated rings. The number of nitrogens with one attached hydrogen (secondary N) is 2. The van der Waals surface area contributed by atoms with Gasteiger partial charge in [-0.05, 0) is 11.4 Å². The van der Waals surface area contributed by atoms with Crippen LogP contribution in [0.15, 0.2) is 109 Å². The van der Waals surface area contributed by atoms with Gasteiger partial charge in [0.2, 0.25) is 11.9 Å². The Hall–Kier alpha value is -3.77. The molecule has 0 heterocycles. The van der Waals surface area contributed by atoms with Crippen LogP contribution in [0.25, 0.3) is 0 Å². The summed E-state index contributed by atoms with van der Waals surface area (Å²) in [6.07, 6.45) is -5.23. The van der Waals surface area contributed by atoms with Gasteiger partial charge in [-0.15, -0.1) is 36.4 Å². The Balaban J connectivity index is 0.000000537. The molecule has 4 aromatic rings. The van der Waals surface area contributed by atoms with Crippen molar-refractivity contribution in [2.45, 2.75) is 0 Å². The Morgan fingerprint density at radius 3 is 1.05 bits per heavy atom. The van der Waals surface area contributed by atoms with Crippen molar-refractivity contribution in [1.82, 2.24) is 0 Å². The van der Waals surface area contributed by atoms with Gasteiger partial charge in [-0.25, -0.2) is 41.8 Å². The monoisotopic (exact) mass is 594 g/mol. The van der Waals surface area contributed by atoms with Crippen molar-refractivity contribution in [2.75, 3.05) is 10.6 Å². The molecule has 0 spiro atoms. The van der Waals surface area contributed by atoms with E-state index in [1.165, 1.54) is 10.6 Å². The van der Waals surface area contributed by atoms with E-state index in [1.807, 2.05) is 60.7 Å². The zero-order valence-corrected chi connectivity index (χ0v) is 20.9. The molecule has 0 bridgehead atoms. The zero-order valence-electron chi connectivity index (χ0n) is 19.4. The van der Waals surface area contributed by atoms with Gasteiger partial charge in [0.25, 0.3) is 0 Å². The topological polar surface area (TPSA) is 24.1 Å². The summed E-state index contributed by atoms with van der Waals surface area (Å²) < 4.78 is 121. The second kappa shape index (κ2) is 19.3. The van der Waals surface area contributed by atoms with E-state index in [0.717, 1.165) is 24.3 Å². The van der Waals surface area contributed by atoms with Crippen molar-refractivity contribution in [3.05, 3.63) is 144 Å². The third-order valence-electron chi connectivity index (χ3n) is 3.66. The first-order valence-corrected chi connectivity index (χ1v) is 10.0. The summed E-state index contributed by atoms with van der Waals surface area (Å²) in [4.78, 5) is 0. The first-order chi connectivity index (χ1) is 18.0. The van der Waals surface area contributed by atoms with Gasteiger partial charge in [-0.3, -0.25) is 0 Å². The minimum atomic E-state index is -2.62. The molecule has 0 aliphatic heterocycles. The van der Waals surface area contributed by atoms with Crippen LogP contribution in [0.4, 0.5) is 55.3 Å². The molecule has 2 nitrogen and oxygen atoms in total. The standard InChI is InChI=1S/2C8H3F5N.2C5H5.Ti/c2*9-4-1-2-6(5(10)3-4)14-8(13)7(11)12;2*1-2-4-5-3-1;/h2*1-2,14H;2*1-5H;/q4*-1;+4. The van der Waals surface area contributed by atoms with Crippen LogP contribution < -0.4 is 10.6 Å². The molecular weight excluding hydrogens is 578 g/mol. The van der Waals surface area contributed by atoms with Gasteiger partial charge in [-0.2, -0.15) is 62.7 Å². The van der Waals surface area contributed by atoms with Crippen LogP contribution >= 0.6 is 0 Å². The second-order valence-electron chi connectivity index (χ2n) is 6.39. The van der Waals surface area contributed by atoms with E-state index in [4.69, 9.17) is 0 Å². The summed E-state index contributed by atoms with van der Waals surface area (Å²) in [7, 11) is 0. The van der Waals surface area contributed by atoms with Crippen LogP contribution in [0.3, 0.4) is 0 Å². The molecule has 39 heavy (non-hydrogen) atoms. The molecule has 0 saturated heterocycles. The molecule has 0 unspecified atom stereocenters. The SMILES string of the molecule is FC(F)=C(F)Nc1ccc(F)[c-]c1F.FC(F)=C(F)Nc1ccc(F)[c-]c1F.[Ti+4].c1cc[cH-]c1.c1cc[cH-]c1. The summed E-state index contributed by atoms with van der Waals surface area (Å²) in [5.74, 6) is -8.52. The molecule has 0 amide bonds. The number of benzene rings is 2. The average molecular weight is 594 g/mol. The molecule has 4 aromatic carbocycles. The van der Waals surface area contributed by atoms with Gasteiger partial charge in [0.15, 0.2) is 0 Å². The predicted molar refractivity (Wildman–Crippen MR) is 122 cm³/mol. The molecule has 13 heteroatoms. The van der Waals surface area contributed by atoms with Gasteiger partial charge in [0.05, 0.1) is 0 Å². The number of anilines is 2. The quantitative estimate of drug-likeness (QED) is 0.107. The van der Waals surface area contributed by atoms with Crippen molar-refractivity contribution < 1.29 is 65.6 Å². The summed E-state index contributed by atoms with van der Waals surface area (Å²) >= 11 is 0. The van der Waals surface area contributed by atoms with Crippen molar-refractivity contribution in [1.29, 1.82) is 0 Å². The van der Waals surface area contributed by atoms with Crippen LogP contribution in [0.5, 0.6) is 0 Å². The van der Waals surface area contributed by atoms with Crippen molar-refractivity contribution in [2.24, 2.45) is 0 Å². The molecule has 204 valence electrons. The van der Waals surface area contributed by atoms with Crippen LogP contribution in [0.1, 0.15) is 0 Å². The fourth-order valence-corrected chi connectivity index (χ4v) is 2.05. The summed E-state index contributed by atoms with van der Waals surface area (Å²) in [5.41, 5.74) is -1.23. The van der Waals surface area contributed by atoms with E-state index < -0.39 is 58.7 Å². The van der Waals surface area contributed by atoms with Gasteiger partial charge in [0.1, 0.15) is 0 Å². The van der Waals surface area contributed by atoms with Crippen LogP contribution in [-0.2, 0) is 21.7 Å². The average Bonchev–Trinajstić information content (AvgIpc) is 3.62. The normalized spacial score (nSPS) is 9.08. The number of rotatable bonds is 4. The Bertz CT molecular complexity index is 1130. The summed E-state index contributed by atoms with van der Waals surface area (Å²) in [6, 6.07) is 26.2. The fourth-order valence-electron chi connectivity index (χ4n) is 2.05. The molecular formula is C26H16F10N2Ti. The minimum Gasteiger partial charge on any atom is -0.378 e. The number of hydrogen-bond acceptors (Lipinski definition) is 2. The minimum absolute atomic E-state index is 0. The first-order valence-electron chi connectivity index (χ1n) is 10.0. The molecule has 0 radical (unpaired) electrons. The Kier molecular flexibility index (Phi) is 17.5. The molecule has 0 atom stereocenters. The molecule has 2 N–H and O–H groups in total. The van der Waals surface area contributed by atoms with E-state index in [-0.39, 0.29) is 21.7 Å². The molecule has 0 aliphatic carbocycles. The van der Waals surface area contributed by atoms with Crippen LogP contribution in [-0.4, -0.2) is 0 Å². The van der Waals surface area contributed by atoms with Crippen LogP contribution in [0, 0.1) is 35.4 Å². The molecule has 0 aromatic heterocycles. The van der Waals surface area contributed by atoms with E-state index in [0.29, 0.717) is 0 Å². The van der Waals surface area contributed by atoms with Gasteiger partial charge in [-0.1, -0.05) is 0 Å². The smallest absolute Gasteiger partial charge is 0.378 e. The first kappa shape index (κ1) is 35.2. The van der Waals surface area contributed by atoms with Gasteiger partial charge < -0.3 is 10.6 Å². The van der Waals surface area contributed by atoms with E-state index >= 15 is 0 Å². The second-order valence-corrected chi connectivity index (χ2v) is 6.39. The largest absolute Gasteiger partial charge is 4.00 e. The summed E-state index contributed by atoms with van der Waals surface area (Å²) in [5, 5.41) is 2.85. The summed E-state index contributed by atoms with van der Waals surface area (Å²) in [6.45, 7) is 0. The molecule has 0 aliphatic rings. The Morgan fingerprint density at radius 2 is 0.846 bits per heavy atom. The van der Waals surface area contributed by atoms with Gasteiger partial charge >= 0.3 is 33.9 Å². The number of halogens is 10. The number of hydrogen-bond donors (Lipinski definition) is 2. The van der Waals surface area contributed by atoms with Gasteiger partial charge in [0, 0.05) is 23.3 Å². The molecule has 0 saturated carbocycles. The Morgan fingerprint density at radius 1 is 0.538 bits per heavy atom. The predicted octanol–water partition coefficient (Wildman–Crippen LogP) is 9.23. The fraction of sp³-hybridized carbons (Fsp3) is 0. The van der Waals surface area contributed by atoms with Crippen molar-refractivity contribution in [3.63, 3.8) is 0 Å². The maximum Gasteiger partial charge on any atom is 4.00 e. The maximum absolute atomic E-state index is 12.7. The zero-order chi connectivity index (χ0) is 28.5. The maximum atomic E-state index is 12.7. The van der Waals surface area contributed by atoms with E-state index in [1.54, 1.807) is 12.1 Å². The van der Waals surface area contributed by atoms with Crippen LogP contribution in [0.2, 0.25) is 0 Å². The molecule has 4 rings (SSSR count). The Labute approximate surface area is 231 Å². The third-order valence-corrected chi connectivity index (χ3v) is 3.66. The van der Waals surface area contributed by atoms with Crippen molar-refractivity contribution >= 4 is 11.4 Å². The van der Waals surface area contributed by atoms with E-state index in [2.05, 4.69) is 0 Å². The van der Waals surface area contributed by atoms with E-state index in [9.17, 15) is 43.9 Å². The van der Waals surface area contributed by atoms with Crippen molar-refractivity contribution in [3.8, 4) is 0 Å². The third kappa shape index (κ3) is 15.3.